The molecule has 0 saturated heterocycles. The second kappa shape index (κ2) is 8.06. The lowest BCUT2D eigenvalue weighted by Gasteiger charge is -2.31. The zero-order valence-corrected chi connectivity index (χ0v) is 11.0. The van der Waals surface area contributed by atoms with Crippen molar-refractivity contribution < 1.29 is 14.3 Å². The average Bonchev–Trinajstić information content (AvgIpc) is 2.35. The first-order valence-electron chi connectivity index (χ1n) is 6.11. The van der Waals surface area contributed by atoms with Gasteiger partial charge in [0, 0.05) is 12.0 Å². The Balaban J connectivity index is 4.48. The first-order valence-corrected chi connectivity index (χ1v) is 6.11. The van der Waals surface area contributed by atoms with Crippen molar-refractivity contribution in [3.8, 4) is 0 Å². The molecular weight excluding hydrogens is 220 g/mol. The maximum Gasteiger partial charge on any atom is 0.307 e. The van der Waals surface area contributed by atoms with Crippen LogP contribution in [0.2, 0.25) is 0 Å². The van der Waals surface area contributed by atoms with Gasteiger partial charge in [-0.1, -0.05) is 13.8 Å². The monoisotopic (exact) mass is 244 g/mol. The van der Waals surface area contributed by atoms with E-state index >= 15 is 0 Å². The highest BCUT2D eigenvalue weighted by Crippen LogP contribution is 2.20. The fourth-order valence-corrected chi connectivity index (χ4v) is 1.69. The molecule has 0 aliphatic carbocycles. The zero-order valence-electron chi connectivity index (χ0n) is 11.0. The minimum absolute atomic E-state index is 0.0527. The van der Waals surface area contributed by atoms with Crippen molar-refractivity contribution in [3.63, 3.8) is 0 Å². The second-order valence-corrected chi connectivity index (χ2v) is 4.18. The van der Waals surface area contributed by atoms with Crippen LogP contribution < -0.4 is 11.1 Å². The lowest BCUT2D eigenvalue weighted by atomic mass is 9.88. The predicted octanol–water partition coefficient (Wildman–Crippen LogP) is 0.963. The van der Waals surface area contributed by atoms with Crippen LogP contribution in [0.25, 0.3) is 0 Å². The van der Waals surface area contributed by atoms with Gasteiger partial charge in [-0.3, -0.25) is 9.59 Å². The number of carbonyl (C=O) groups excluding carboxylic acids is 2. The molecule has 5 heteroatoms. The molecule has 0 aromatic heterocycles. The lowest BCUT2D eigenvalue weighted by molar-refractivity contribution is -0.142. The largest absolute Gasteiger partial charge is 0.469 e. The summed E-state index contributed by atoms with van der Waals surface area (Å²) in [6.07, 6.45) is 2.68. The van der Waals surface area contributed by atoms with E-state index in [1.807, 2.05) is 13.8 Å². The number of carbonyl (C=O) groups is 2. The summed E-state index contributed by atoms with van der Waals surface area (Å²) in [6.45, 7) is 4.40. The fourth-order valence-electron chi connectivity index (χ4n) is 1.69. The Bertz CT molecular complexity index is 250. The van der Waals surface area contributed by atoms with Crippen molar-refractivity contribution in [1.82, 2.24) is 5.32 Å². The van der Waals surface area contributed by atoms with E-state index in [1.165, 1.54) is 7.11 Å². The van der Waals surface area contributed by atoms with Crippen LogP contribution in [0.15, 0.2) is 0 Å². The Hall–Kier alpha value is -1.10. The Morgan fingerprint density at radius 1 is 1.29 bits per heavy atom. The number of hydrogen-bond donors (Lipinski definition) is 2. The van der Waals surface area contributed by atoms with Gasteiger partial charge in [0.2, 0.25) is 5.91 Å². The van der Waals surface area contributed by atoms with Crippen LogP contribution in [0.5, 0.6) is 0 Å². The van der Waals surface area contributed by atoms with E-state index in [0.717, 1.165) is 0 Å². The van der Waals surface area contributed by atoms with E-state index in [0.29, 0.717) is 32.2 Å². The van der Waals surface area contributed by atoms with Gasteiger partial charge in [-0.25, -0.2) is 0 Å². The van der Waals surface area contributed by atoms with Gasteiger partial charge in [0.1, 0.15) is 0 Å². The molecule has 0 heterocycles. The first kappa shape index (κ1) is 15.9. The number of ether oxygens (including phenoxy) is 1. The summed E-state index contributed by atoms with van der Waals surface area (Å²) in [6, 6.07) is 0. The molecule has 0 rings (SSSR count). The van der Waals surface area contributed by atoms with Gasteiger partial charge in [0.15, 0.2) is 0 Å². The van der Waals surface area contributed by atoms with Crippen molar-refractivity contribution in [1.29, 1.82) is 0 Å². The standard InChI is InChI=1S/C12H24N2O3/c1-4-12(5-2,9-11(16)17-3)14-10(15)7-6-8-13/h4-9,13H2,1-3H3,(H,14,15). The van der Waals surface area contributed by atoms with Gasteiger partial charge in [-0.05, 0) is 25.8 Å². The number of esters is 1. The maximum absolute atomic E-state index is 11.7. The van der Waals surface area contributed by atoms with E-state index in [2.05, 4.69) is 10.1 Å². The van der Waals surface area contributed by atoms with E-state index in [4.69, 9.17) is 5.73 Å². The third-order valence-electron chi connectivity index (χ3n) is 3.08. The van der Waals surface area contributed by atoms with Gasteiger partial charge in [0.05, 0.1) is 13.5 Å². The number of amides is 1. The van der Waals surface area contributed by atoms with Gasteiger partial charge in [0.25, 0.3) is 0 Å². The summed E-state index contributed by atoms with van der Waals surface area (Å²) >= 11 is 0. The van der Waals surface area contributed by atoms with Crippen LogP contribution in [0.3, 0.4) is 0 Å². The maximum atomic E-state index is 11.7. The van der Waals surface area contributed by atoms with Crippen molar-refractivity contribution in [2.45, 2.75) is 51.5 Å². The summed E-state index contributed by atoms with van der Waals surface area (Å²) in [5.74, 6) is -0.351. The van der Waals surface area contributed by atoms with Gasteiger partial charge < -0.3 is 15.8 Å². The summed E-state index contributed by atoms with van der Waals surface area (Å²) in [4.78, 5) is 23.0. The van der Waals surface area contributed by atoms with Gasteiger partial charge in [-0.2, -0.15) is 0 Å². The van der Waals surface area contributed by atoms with E-state index < -0.39 is 5.54 Å². The van der Waals surface area contributed by atoms with Crippen LogP contribution in [-0.2, 0) is 14.3 Å². The highest BCUT2D eigenvalue weighted by Gasteiger charge is 2.31. The smallest absolute Gasteiger partial charge is 0.307 e. The number of nitrogens with two attached hydrogens (primary N) is 1. The van der Waals surface area contributed by atoms with Crippen LogP contribution in [0, 0.1) is 0 Å². The van der Waals surface area contributed by atoms with Crippen LogP contribution in [-0.4, -0.2) is 31.1 Å². The molecule has 3 N–H and O–H groups in total. The fraction of sp³-hybridized carbons (Fsp3) is 0.833. The van der Waals surface area contributed by atoms with Gasteiger partial charge in [-0.15, -0.1) is 0 Å². The summed E-state index contributed by atoms with van der Waals surface area (Å²) in [7, 11) is 1.36. The van der Waals surface area contributed by atoms with Crippen molar-refractivity contribution in [3.05, 3.63) is 0 Å². The molecule has 0 spiro atoms. The Kier molecular flexibility index (Phi) is 7.54. The van der Waals surface area contributed by atoms with Crippen LogP contribution >= 0.6 is 0 Å². The Morgan fingerprint density at radius 3 is 2.29 bits per heavy atom. The number of nitrogens with one attached hydrogen (secondary N) is 1. The molecule has 0 radical (unpaired) electrons. The molecule has 100 valence electrons. The molecule has 1 amide bonds. The highest BCUT2D eigenvalue weighted by atomic mass is 16.5. The quantitative estimate of drug-likeness (QED) is 0.623. The molecule has 0 aromatic carbocycles. The van der Waals surface area contributed by atoms with Crippen molar-refractivity contribution >= 4 is 11.9 Å². The predicted molar refractivity (Wildman–Crippen MR) is 66.4 cm³/mol. The molecule has 0 unspecified atom stereocenters. The summed E-state index contributed by atoms with van der Waals surface area (Å²) in [5, 5.41) is 2.93. The molecule has 0 aliphatic rings. The van der Waals surface area contributed by atoms with E-state index in [-0.39, 0.29) is 18.3 Å². The zero-order chi connectivity index (χ0) is 13.3. The summed E-state index contributed by atoms with van der Waals surface area (Å²) < 4.78 is 4.66. The average molecular weight is 244 g/mol. The lowest BCUT2D eigenvalue weighted by Crippen LogP contribution is -2.49. The Labute approximate surface area is 103 Å². The molecule has 17 heavy (non-hydrogen) atoms. The molecule has 0 aromatic rings. The minimum Gasteiger partial charge on any atom is -0.469 e. The third kappa shape index (κ3) is 5.68. The van der Waals surface area contributed by atoms with E-state index in [9.17, 15) is 9.59 Å². The SMILES string of the molecule is CCC(CC)(CC(=O)OC)NC(=O)CCCN. The normalized spacial score (nSPS) is 11.1. The van der Waals surface area contributed by atoms with Gasteiger partial charge >= 0.3 is 5.97 Å². The Morgan fingerprint density at radius 2 is 1.88 bits per heavy atom. The minimum atomic E-state index is -0.487. The molecular formula is C12H24N2O3. The van der Waals surface area contributed by atoms with Crippen LogP contribution in [0.4, 0.5) is 0 Å². The molecule has 0 bridgehead atoms. The summed E-state index contributed by atoms with van der Waals surface area (Å²) in [5.41, 5.74) is 4.87. The number of rotatable bonds is 8. The highest BCUT2D eigenvalue weighted by molar-refractivity contribution is 5.78. The molecule has 0 atom stereocenters. The number of hydrogen-bond acceptors (Lipinski definition) is 4. The van der Waals surface area contributed by atoms with Crippen molar-refractivity contribution in [2.75, 3.05) is 13.7 Å². The second-order valence-electron chi connectivity index (χ2n) is 4.18. The van der Waals surface area contributed by atoms with Crippen LogP contribution in [0.1, 0.15) is 46.0 Å². The number of methoxy groups -OCH3 is 1. The molecule has 0 aliphatic heterocycles. The molecule has 0 fully saturated rings. The topological polar surface area (TPSA) is 81.4 Å². The molecule has 5 nitrogen and oxygen atoms in total. The van der Waals surface area contributed by atoms with Crippen molar-refractivity contribution in [2.24, 2.45) is 5.73 Å². The third-order valence-corrected chi connectivity index (χ3v) is 3.08. The first-order chi connectivity index (χ1) is 8.03. The van der Waals surface area contributed by atoms with E-state index in [1.54, 1.807) is 0 Å². The molecule has 0 saturated carbocycles.